The summed E-state index contributed by atoms with van der Waals surface area (Å²) < 4.78 is 30.0. The van der Waals surface area contributed by atoms with Crippen molar-refractivity contribution < 1.29 is 13.2 Å². The van der Waals surface area contributed by atoms with Crippen LogP contribution in [0.5, 0.6) is 5.75 Å². The van der Waals surface area contributed by atoms with Gasteiger partial charge in [-0.2, -0.15) is 0 Å². The number of hydrogen-bond donors (Lipinski definition) is 0. The van der Waals surface area contributed by atoms with Crippen molar-refractivity contribution in [2.24, 2.45) is 0 Å². The van der Waals surface area contributed by atoms with Crippen LogP contribution in [0.15, 0.2) is 59.5 Å². The third-order valence-electron chi connectivity index (χ3n) is 2.77. The second kappa shape index (κ2) is 7.06. The summed E-state index contributed by atoms with van der Waals surface area (Å²) in [5.74, 6) is 0.739. The Kier molecular flexibility index (Phi) is 5.39. The smallest absolute Gasteiger partial charge is 0.188 e. The van der Waals surface area contributed by atoms with Gasteiger partial charge in [0.25, 0.3) is 0 Å². The topological polar surface area (TPSA) is 43.4 Å². The first-order valence-corrected chi connectivity index (χ1v) is 9.16. The van der Waals surface area contributed by atoms with Crippen molar-refractivity contribution in [1.82, 2.24) is 0 Å². The van der Waals surface area contributed by atoms with E-state index in [1.807, 2.05) is 12.1 Å². The Morgan fingerprint density at radius 1 is 1.10 bits per heavy atom. The van der Waals surface area contributed by atoms with E-state index in [-0.39, 0.29) is 5.08 Å². The molecular weight excluding hydrogens is 324 g/mol. The van der Waals surface area contributed by atoms with Crippen LogP contribution in [-0.4, -0.2) is 24.8 Å². The van der Waals surface area contributed by atoms with E-state index in [0.717, 1.165) is 23.1 Å². The van der Waals surface area contributed by atoms with Crippen LogP contribution in [0, 0.1) is 0 Å². The number of thiocarbonyl (C=S) groups is 1. The van der Waals surface area contributed by atoms with Crippen molar-refractivity contribution in [3.8, 4) is 5.75 Å². The van der Waals surface area contributed by atoms with E-state index in [9.17, 15) is 8.42 Å². The molecule has 6 heteroatoms. The molecule has 0 fully saturated rings. The first-order valence-electron chi connectivity index (χ1n) is 6.12. The molecule has 0 bridgehead atoms. The SMILES string of the molecule is COc1ccc(C(=S)SCS(=O)(=O)c2ccccc2)cc1. The minimum Gasteiger partial charge on any atom is -0.497 e. The zero-order chi connectivity index (χ0) is 15.3. The molecule has 0 spiro atoms. The molecule has 0 aliphatic carbocycles. The third kappa shape index (κ3) is 4.30. The number of sulfone groups is 1. The van der Waals surface area contributed by atoms with E-state index >= 15 is 0 Å². The summed E-state index contributed by atoms with van der Waals surface area (Å²) in [6, 6.07) is 15.6. The first-order chi connectivity index (χ1) is 10.0. The van der Waals surface area contributed by atoms with Gasteiger partial charge < -0.3 is 4.74 Å². The van der Waals surface area contributed by atoms with Crippen molar-refractivity contribution in [3.05, 3.63) is 60.2 Å². The van der Waals surface area contributed by atoms with Gasteiger partial charge in [-0.15, -0.1) is 0 Å². The predicted octanol–water partition coefficient (Wildman–Crippen LogP) is 3.54. The molecule has 110 valence electrons. The predicted molar refractivity (Wildman–Crippen MR) is 90.8 cm³/mol. The Bertz CT molecular complexity index is 708. The first kappa shape index (κ1) is 16.0. The van der Waals surface area contributed by atoms with Crippen LogP contribution in [0.1, 0.15) is 5.56 Å². The molecule has 2 rings (SSSR count). The fourth-order valence-corrected chi connectivity index (χ4v) is 4.67. The fraction of sp³-hybridized carbons (Fsp3) is 0.133. The van der Waals surface area contributed by atoms with Crippen LogP contribution in [0.4, 0.5) is 0 Å². The lowest BCUT2D eigenvalue weighted by molar-refractivity contribution is 0.415. The molecule has 0 aromatic heterocycles. The summed E-state index contributed by atoms with van der Waals surface area (Å²) in [7, 11) is -1.73. The molecule has 0 N–H and O–H groups in total. The lowest BCUT2D eigenvalue weighted by atomic mass is 10.2. The van der Waals surface area contributed by atoms with Crippen molar-refractivity contribution >= 4 is 38.0 Å². The minimum absolute atomic E-state index is 0.0676. The zero-order valence-corrected chi connectivity index (χ0v) is 13.8. The Morgan fingerprint density at radius 2 is 1.71 bits per heavy atom. The number of hydrogen-bond acceptors (Lipinski definition) is 5. The van der Waals surface area contributed by atoms with Crippen LogP contribution in [0.25, 0.3) is 0 Å². The molecule has 0 atom stereocenters. The highest BCUT2D eigenvalue weighted by Gasteiger charge is 2.15. The zero-order valence-electron chi connectivity index (χ0n) is 11.4. The molecule has 0 radical (unpaired) electrons. The van der Waals surface area contributed by atoms with Crippen LogP contribution in [0.2, 0.25) is 0 Å². The molecule has 0 aliphatic heterocycles. The van der Waals surface area contributed by atoms with Crippen molar-refractivity contribution in [2.45, 2.75) is 4.90 Å². The van der Waals surface area contributed by atoms with Gasteiger partial charge in [-0.3, -0.25) is 0 Å². The summed E-state index contributed by atoms with van der Waals surface area (Å²) >= 11 is 6.42. The van der Waals surface area contributed by atoms with Gasteiger partial charge in [0, 0.05) is 0 Å². The van der Waals surface area contributed by atoms with Gasteiger partial charge in [-0.25, -0.2) is 8.42 Å². The average Bonchev–Trinajstić information content (AvgIpc) is 2.53. The van der Waals surface area contributed by atoms with Crippen molar-refractivity contribution in [1.29, 1.82) is 0 Å². The Labute approximate surface area is 134 Å². The number of methoxy groups -OCH3 is 1. The van der Waals surface area contributed by atoms with E-state index in [4.69, 9.17) is 17.0 Å². The molecule has 0 unspecified atom stereocenters. The molecule has 2 aromatic rings. The fourth-order valence-electron chi connectivity index (χ4n) is 1.64. The minimum atomic E-state index is -3.33. The number of rotatable bonds is 5. The summed E-state index contributed by atoms with van der Waals surface area (Å²) in [5.41, 5.74) is 0.819. The molecule has 21 heavy (non-hydrogen) atoms. The van der Waals surface area contributed by atoms with E-state index in [0.29, 0.717) is 9.09 Å². The number of thioether (sulfide) groups is 1. The van der Waals surface area contributed by atoms with E-state index in [1.54, 1.807) is 49.6 Å². The second-order valence-electron chi connectivity index (χ2n) is 4.21. The van der Waals surface area contributed by atoms with Crippen LogP contribution in [-0.2, 0) is 9.84 Å². The molecule has 0 aliphatic rings. The highest BCUT2D eigenvalue weighted by Crippen LogP contribution is 2.22. The van der Waals surface area contributed by atoms with Gasteiger partial charge >= 0.3 is 0 Å². The van der Waals surface area contributed by atoms with Gasteiger partial charge in [0.1, 0.15) is 10.8 Å². The highest BCUT2D eigenvalue weighted by molar-refractivity contribution is 8.28. The van der Waals surface area contributed by atoms with E-state index in [2.05, 4.69) is 0 Å². The largest absolute Gasteiger partial charge is 0.497 e. The molecule has 0 saturated carbocycles. The van der Waals surface area contributed by atoms with Gasteiger partial charge in [0.15, 0.2) is 9.84 Å². The monoisotopic (exact) mass is 338 g/mol. The average molecular weight is 338 g/mol. The summed E-state index contributed by atoms with van der Waals surface area (Å²) in [5, 5.41) is -0.0676. The Morgan fingerprint density at radius 3 is 2.29 bits per heavy atom. The maximum Gasteiger partial charge on any atom is 0.188 e. The maximum atomic E-state index is 12.2. The Hall–Kier alpha value is -1.37. The van der Waals surface area contributed by atoms with Gasteiger partial charge in [-0.1, -0.05) is 42.2 Å². The Balaban J connectivity index is 2.03. The molecule has 0 heterocycles. The number of ether oxygens (including phenoxy) is 1. The van der Waals surface area contributed by atoms with Crippen LogP contribution < -0.4 is 4.74 Å². The molecule has 0 amide bonds. The van der Waals surface area contributed by atoms with Gasteiger partial charge in [0.05, 0.1) is 16.2 Å². The van der Waals surface area contributed by atoms with Gasteiger partial charge in [-0.05, 0) is 42.0 Å². The third-order valence-corrected chi connectivity index (χ3v) is 6.56. The standard InChI is InChI=1S/C15H14O3S3/c1-18-13-9-7-12(8-10-13)15(19)20-11-21(16,17)14-5-3-2-4-6-14/h2-10H,11H2,1H3. The molecular formula is C15H14O3S3. The lowest BCUT2D eigenvalue weighted by Gasteiger charge is -2.06. The quantitative estimate of drug-likeness (QED) is 0.780. The highest BCUT2D eigenvalue weighted by atomic mass is 32.3. The summed E-state index contributed by atoms with van der Waals surface area (Å²) in [6.07, 6.45) is 0. The maximum absolute atomic E-state index is 12.2. The van der Waals surface area contributed by atoms with Crippen LogP contribution >= 0.6 is 24.0 Å². The molecule has 2 aromatic carbocycles. The summed E-state index contributed by atoms with van der Waals surface area (Å²) in [6.45, 7) is 0. The number of benzene rings is 2. The summed E-state index contributed by atoms with van der Waals surface area (Å²) in [4.78, 5) is 0.315. The molecule has 0 saturated heterocycles. The van der Waals surface area contributed by atoms with E-state index in [1.165, 1.54) is 0 Å². The van der Waals surface area contributed by atoms with Gasteiger partial charge in [0.2, 0.25) is 0 Å². The van der Waals surface area contributed by atoms with E-state index < -0.39 is 9.84 Å². The molecule has 3 nitrogen and oxygen atoms in total. The normalized spacial score (nSPS) is 11.1. The van der Waals surface area contributed by atoms with Crippen LogP contribution in [0.3, 0.4) is 0 Å². The lowest BCUT2D eigenvalue weighted by Crippen LogP contribution is -2.06. The van der Waals surface area contributed by atoms with Crippen molar-refractivity contribution in [3.63, 3.8) is 0 Å². The second-order valence-corrected chi connectivity index (χ2v) is 8.21. The van der Waals surface area contributed by atoms with Crippen molar-refractivity contribution in [2.75, 3.05) is 12.2 Å².